The molecule has 0 aromatic carbocycles. The summed E-state index contributed by atoms with van der Waals surface area (Å²) in [5.41, 5.74) is 4.73. The molecule has 0 saturated carbocycles. The van der Waals surface area contributed by atoms with Crippen molar-refractivity contribution in [3.63, 3.8) is 0 Å². The van der Waals surface area contributed by atoms with Crippen molar-refractivity contribution in [3.05, 3.63) is 0 Å². The van der Waals surface area contributed by atoms with E-state index in [0.717, 1.165) is 0 Å². The first kappa shape index (κ1) is 9.38. The molecule has 4 N–H and O–H groups in total. The minimum atomic E-state index is -3.60. The SMILES string of the molecule is CC(CC(N)=O)S(N)(=O)=O. The number of hydrogen-bond donors (Lipinski definition) is 2. The zero-order valence-electron chi connectivity index (χ0n) is 5.57. The molecule has 1 atom stereocenters. The summed E-state index contributed by atoms with van der Waals surface area (Å²) in [5.74, 6) is -0.665. The molecule has 60 valence electrons. The van der Waals surface area contributed by atoms with E-state index in [4.69, 9.17) is 10.9 Å². The Bertz CT molecular complexity index is 221. The lowest BCUT2D eigenvalue weighted by molar-refractivity contribution is -0.117. The number of hydrogen-bond acceptors (Lipinski definition) is 3. The smallest absolute Gasteiger partial charge is 0.218 e. The summed E-state index contributed by atoms with van der Waals surface area (Å²) in [6.45, 7) is 1.33. The third-order valence-electron chi connectivity index (χ3n) is 1.05. The Balaban J connectivity index is 4.12. The molecule has 0 spiro atoms. The van der Waals surface area contributed by atoms with Crippen molar-refractivity contribution in [2.24, 2.45) is 10.9 Å². The second-order valence-electron chi connectivity index (χ2n) is 2.07. The highest BCUT2D eigenvalue weighted by Gasteiger charge is 2.17. The highest BCUT2D eigenvalue weighted by Crippen LogP contribution is 1.98. The van der Waals surface area contributed by atoms with Crippen molar-refractivity contribution < 1.29 is 13.2 Å². The number of sulfonamides is 1. The van der Waals surface area contributed by atoms with E-state index in [9.17, 15) is 13.2 Å². The third-order valence-corrected chi connectivity index (χ3v) is 2.34. The molecule has 10 heavy (non-hydrogen) atoms. The first-order valence-electron chi connectivity index (χ1n) is 2.64. The van der Waals surface area contributed by atoms with E-state index in [1.807, 2.05) is 0 Å². The summed E-state index contributed by atoms with van der Waals surface area (Å²) < 4.78 is 20.9. The third kappa shape index (κ3) is 3.41. The maximum atomic E-state index is 10.4. The molecule has 0 rings (SSSR count). The minimum Gasteiger partial charge on any atom is -0.370 e. The Morgan fingerprint density at radius 2 is 2.00 bits per heavy atom. The average Bonchev–Trinajstić information content (AvgIpc) is 1.60. The van der Waals surface area contributed by atoms with Crippen LogP contribution in [0.15, 0.2) is 0 Å². The van der Waals surface area contributed by atoms with Gasteiger partial charge in [0.1, 0.15) is 0 Å². The van der Waals surface area contributed by atoms with Crippen molar-refractivity contribution in [1.29, 1.82) is 0 Å². The van der Waals surface area contributed by atoms with Gasteiger partial charge in [0.05, 0.1) is 5.25 Å². The van der Waals surface area contributed by atoms with Crippen LogP contribution in [0.1, 0.15) is 13.3 Å². The number of carbonyl (C=O) groups is 1. The Labute approximate surface area is 59.4 Å². The van der Waals surface area contributed by atoms with Crippen LogP contribution in [0.5, 0.6) is 0 Å². The van der Waals surface area contributed by atoms with Gasteiger partial charge in [0.15, 0.2) is 0 Å². The Morgan fingerprint density at radius 3 is 2.10 bits per heavy atom. The number of primary sulfonamides is 1. The second kappa shape index (κ2) is 2.98. The molecule has 6 heteroatoms. The predicted molar refractivity (Wildman–Crippen MR) is 36.4 cm³/mol. The van der Waals surface area contributed by atoms with Crippen LogP contribution in [0.3, 0.4) is 0 Å². The van der Waals surface area contributed by atoms with Crippen LogP contribution in [0, 0.1) is 0 Å². The number of nitrogens with two attached hydrogens (primary N) is 2. The van der Waals surface area contributed by atoms with Gasteiger partial charge in [-0.3, -0.25) is 4.79 Å². The highest BCUT2D eigenvalue weighted by molar-refractivity contribution is 7.89. The summed E-state index contributed by atoms with van der Waals surface area (Å²) in [6.07, 6.45) is -0.223. The average molecular weight is 166 g/mol. The largest absolute Gasteiger partial charge is 0.370 e. The van der Waals surface area contributed by atoms with Crippen molar-refractivity contribution in [1.82, 2.24) is 0 Å². The number of primary amides is 1. The Kier molecular flexibility index (Phi) is 2.79. The van der Waals surface area contributed by atoms with E-state index in [-0.39, 0.29) is 6.42 Å². The van der Waals surface area contributed by atoms with Gasteiger partial charge in [-0.25, -0.2) is 13.6 Å². The molecule has 0 aliphatic rings. The molecule has 0 aliphatic carbocycles. The first-order valence-corrected chi connectivity index (χ1v) is 4.25. The lowest BCUT2D eigenvalue weighted by atomic mass is 10.3. The quantitative estimate of drug-likeness (QED) is 0.535. The van der Waals surface area contributed by atoms with Crippen LogP contribution in [0.25, 0.3) is 0 Å². The van der Waals surface area contributed by atoms with E-state index in [1.165, 1.54) is 6.92 Å². The topological polar surface area (TPSA) is 103 Å². The van der Waals surface area contributed by atoms with Crippen LogP contribution >= 0.6 is 0 Å². The lowest BCUT2D eigenvalue weighted by Crippen LogP contribution is -2.30. The Morgan fingerprint density at radius 1 is 1.60 bits per heavy atom. The fourth-order valence-corrected chi connectivity index (χ4v) is 0.796. The summed E-state index contributed by atoms with van der Waals surface area (Å²) >= 11 is 0. The normalized spacial score (nSPS) is 14.6. The van der Waals surface area contributed by atoms with Gasteiger partial charge in [0, 0.05) is 6.42 Å². The molecule has 1 unspecified atom stereocenters. The summed E-state index contributed by atoms with van der Waals surface area (Å²) in [7, 11) is -3.60. The van der Waals surface area contributed by atoms with E-state index < -0.39 is 21.2 Å². The van der Waals surface area contributed by atoms with Crippen molar-refractivity contribution >= 4 is 15.9 Å². The van der Waals surface area contributed by atoms with Gasteiger partial charge in [0.25, 0.3) is 0 Å². The second-order valence-corrected chi connectivity index (χ2v) is 4.05. The molecule has 0 aromatic heterocycles. The van der Waals surface area contributed by atoms with E-state index in [1.54, 1.807) is 0 Å². The number of rotatable bonds is 3. The maximum absolute atomic E-state index is 10.4. The molecule has 0 heterocycles. The van der Waals surface area contributed by atoms with Crippen molar-refractivity contribution in [2.45, 2.75) is 18.6 Å². The molecule has 1 amide bonds. The molecule has 0 aliphatic heterocycles. The number of amides is 1. The van der Waals surface area contributed by atoms with Crippen LogP contribution < -0.4 is 10.9 Å². The van der Waals surface area contributed by atoms with Crippen molar-refractivity contribution in [2.75, 3.05) is 0 Å². The first-order chi connectivity index (χ1) is 4.34. The van der Waals surface area contributed by atoms with E-state index in [2.05, 4.69) is 0 Å². The summed E-state index contributed by atoms with van der Waals surface area (Å²) in [4.78, 5) is 10.2. The minimum absolute atomic E-state index is 0.223. The monoisotopic (exact) mass is 166 g/mol. The maximum Gasteiger partial charge on any atom is 0.218 e. The Hall–Kier alpha value is -0.620. The molecule has 5 nitrogen and oxygen atoms in total. The van der Waals surface area contributed by atoms with Crippen LogP contribution in [0.4, 0.5) is 0 Å². The molecule has 0 radical (unpaired) electrons. The fourth-order valence-electron chi connectivity index (χ4n) is 0.399. The molecular formula is C4H10N2O3S. The summed E-state index contributed by atoms with van der Waals surface area (Å²) in [5, 5.41) is 3.81. The van der Waals surface area contributed by atoms with Crippen molar-refractivity contribution in [3.8, 4) is 0 Å². The van der Waals surface area contributed by atoms with Gasteiger partial charge in [0.2, 0.25) is 15.9 Å². The van der Waals surface area contributed by atoms with Crippen LogP contribution in [-0.4, -0.2) is 19.6 Å². The molecule has 0 bridgehead atoms. The zero-order chi connectivity index (χ0) is 8.36. The van der Waals surface area contributed by atoms with Gasteiger partial charge < -0.3 is 5.73 Å². The molecule has 0 aromatic rings. The van der Waals surface area contributed by atoms with Crippen LogP contribution in [0.2, 0.25) is 0 Å². The predicted octanol–water partition coefficient (Wildman–Crippen LogP) is -1.46. The number of carbonyl (C=O) groups excluding carboxylic acids is 1. The van der Waals surface area contributed by atoms with Gasteiger partial charge in [-0.15, -0.1) is 0 Å². The molecular weight excluding hydrogens is 156 g/mol. The fraction of sp³-hybridized carbons (Fsp3) is 0.750. The van der Waals surface area contributed by atoms with Crippen LogP contribution in [-0.2, 0) is 14.8 Å². The molecule has 0 saturated heterocycles. The van der Waals surface area contributed by atoms with Gasteiger partial charge >= 0.3 is 0 Å². The zero-order valence-corrected chi connectivity index (χ0v) is 6.39. The van der Waals surface area contributed by atoms with Gasteiger partial charge in [-0.2, -0.15) is 0 Å². The van der Waals surface area contributed by atoms with Gasteiger partial charge in [-0.1, -0.05) is 0 Å². The van der Waals surface area contributed by atoms with E-state index in [0.29, 0.717) is 0 Å². The van der Waals surface area contributed by atoms with E-state index >= 15 is 0 Å². The highest BCUT2D eigenvalue weighted by atomic mass is 32.2. The lowest BCUT2D eigenvalue weighted by Gasteiger charge is -2.03. The van der Waals surface area contributed by atoms with Gasteiger partial charge in [-0.05, 0) is 6.92 Å². The standard InChI is InChI=1S/C4H10N2O3S/c1-3(2-4(5)7)10(6,8)9/h3H,2H2,1H3,(H2,5,7)(H2,6,8,9). The molecule has 0 fully saturated rings. The summed E-state index contributed by atoms with van der Waals surface area (Å²) in [6, 6.07) is 0.